The van der Waals surface area contributed by atoms with Crippen LogP contribution in [0.4, 0.5) is 11.5 Å². The first-order valence-electron chi connectivity index (χ1n) is 7.13. The zero-order chi connectivity index (χ0) is 14.8. The number of nitrogens with zero attached hydrogens (tertiary/aromatic N) is 3. The minimum atomic E-state index is -0.189. The summed E-state index contributed by atoms with van der Waals surface area (Å²) in [6, 6.07) is 8.38. The maximum absolute atomic E-state index is 11.9. The van der Waals surface area contributed by atoms with Gasteiger partial charge in [-0.2, -0.15) is 0 Å². The highest BCUT2D eigenvalue weighted by molar-refractivity contribution is 5.92. The lowest BCUT2D eigenvalue weighted by atomic mass is 10.2. The molecule has 0 unspecified atom stereocenters. The Kier molecular flexibility index (Phi) is 3.56. The molecule has 5 heteroatoms. The van der Waals surface area contributed by atoms with E-state index in [0.29, 0.717) is 5.69 Å². The molecule has 3 rings (SSSR count). The van der Waals surface area contributed by atoms with Crippen LogP contribution in [0.1, 0.15) is 29.9 Å². The summed E-state index contributed by atoms with van der Waals surface area (Å²) in [5.74, 6) is 0.590. The number of hydrogen-bond acceptors (Lipinski definition) is 4. The van der Waals surface area contributed by atoms with Crippen molar-refractivity contribution in [3.8, 4) is 0 Å². The van der Waals surface area contributed by atoms with Crippen molar-refractivity contribution < 1.29 is 4.79 Å². The van der Waals surface area contributed by atoms with Crippen molar-refractivity contribution in [2.75, 3.05) is 11.4 Å². The topological polar surface area (TPSA) is 58.1 Å². The minimum Gasteiger partial charge on any atom is -0.348 e. The first kappa shape index (κ1) is 13.5. The molecule has 5 nitrogen and oxygen atoms in total. The Morgan fingerprint density at radius 2 is 2.05 bits per heavy atom. The van der Waals surface area contributed by atoms with Crippen molar-refractivity contribution in [3.63, 3.8) is 0 Å². The van der Waals surface area contributed by atoms with Gasteiger partial charge in [-0.1, -0.05) is 18.2 Å². The van der Waals surface area contributed by atoms with Gasteiger partial charge in [0.25, 0.3) is 5.91 Å². The van der Waals surface area contributed by atoms with Crippen LogP contribution in [0, 0.1) is 0 Å². The molecule has 0 bridgehead atoms. The molecule has 0 aliphatic carbocycles. The number of amides is 1. The van der Waals surface area contributed by atoms with Crippen molar-refractivity contribution >= 4 is 17.4 Å². The second-order valence-corrected chi connectivity index (χ2v) is 5.42. The van der Waals surface area contributed by atoms with E-state index in [9.17, 15) is 4.79 Å². The second-order valence-electron chi connectivity index (χ2n) is 5.42. The number of nitrogens with one attached hydrogen (secondary N) is 1. The van der Waals surface area contributed by atoms with Crippen LogP contribution in [-0.4, -0.2) is 28.5 Å². The number of para-hydroxylation sites is 1. The van der Waals surface area contributed by atoms with Crippen LogP contribution in [-0.2, 0) is 6.42 Å². The largest absolute Gasteiger partial charge is 0.348 e. The average molecular weight is 282 g/mol. The summed E-state index contributed by atoms with van der Waals surface area (Å²) in [7, 11) is 0. The summed E-state index contributed by atoms with van der Waals surface area (Å²) < 4.78 is 0. The number of benzene rings is 1. The van der Waals surface area contributed by atoms with Gasteiger partial charge in [0.15, 0.2) is 5.82 Å². The molecule has 0 saturated heterocycles. The molecule has 0 spiro atoms. The van der Waals surface area contributed by atoms with Crippen LogP contribution in [0.25, 0.3) is 0 Å². The molecule has 1 aromatic heterocycles. The van der Waals surface area contributed by atoms with Gasteiger partial charge in [0, 0.05) is 18.3 Å². The Bertz CT molecular complexity index is 652. The Morgan fingerprint density at radius 1 is 1.24 bits per heavy atom. The van der Waals surface area contributed by atoms with Gasteiger partial charge in [-0.15, -0.1) is 0 Å². The second kappa shape index (κ2) is 5.52. The predicted octanol–water partition coefficient (Wildman–Crippen LogP) is 2.31. The molecule has 1 aliphatic rings. The highest BCUT2D eigenvalue weighted by Gasteiger charge is 2.21. The van der Waals surface area contributed by atoms with E-state index in [4.69, 9.17) is 0 Å². The number of fused-ring (bicyclic) bond motifs is 1. The van der Waals surface area contributed by atoms with Gasteiger partial charge < -0.3 is 10.2 Å². The number of rotatable bonds is 3. The van der Waals surface area contributed by atoms with Gasteiger partial charge in [-0.25, -0.2) is 9.97 Å². The summed E-state index contributed by atoms with van der Waals surface area (Å²) in [5, 5.41) is 2.81. The van der Waals surface area contributed by atoms with Crippen LogP contribution in [0.15, 0.2) is 36.7 Å². The van der Waals surface area contributed by atoms with Gasteiger partial charge >= 0.3 is 0 Å². The standard InChI is InChI=1S/C16H18N4O/c1-11(2)19-16(21)13-9-18-15(10-17-13)20-8-7-12-5-3-4-6-14(12)20/h3-6,9-11H,7-8H2,1-2H3,(H,19,21). The van der Waals surface area contributed by atoms with Gasteiger partial charge in [-0.3, -0.25) is 4.79 Å². The van der Waals surface area contributed by atoms with Crippen molar-refractivity contribution in [1.29, 1.82) is 0 Å². The summed E-state index contributed by atoms with van der Waals surface area (Å²) >= 11 is 0. The quantitative estimate of drug-likeness (QED) is 0.938. The maximum atomic E-state index is 11.9. The monoisotopic (exact) mass is 282 g/mol. The molecule has 1 amide bonds. The van der Waals surface area contributed by atoms with Crippen molar-refractivity contribution in [3.05, 3.63) is 47.9 Å². The average Bonchev–Trinajstić information content (AvgIpc) is 2.90. The summed E-state index contributed by atoms with van der Waals surface area (Å²) in [6.45, 7) is 4.73. The summed E-state index contributed by atoms with van der Waals surface area (Å²) in [4.78, 5) is 22.6. The van der Waals surface area contributed by atoms with Gasteiger partial charge in [0.2, 0.25) is 0 Å². The van der Waals surface area contributed by atoms with E-state index in [1.165, 1.54) is 17.4 Å². The number of carbonyl (C=O) groups is 1. The smallest absolute Gasteiger partial charge is 0.271 e. The van der Waals surface area contributed by atoms with Gasteiger partial charge in [0.05, 0.1) is 12.4 Å². The van der Waals surface area contributed by atoms with Crippen LogP contribution >= 0.6 is 0 Å². The van der Waals surface area contributed by atoms with E-state index in [2.05, 4.69) is 32.3 Å². The molecule has 1 aromatic carbocycles. The molecule has 1 N–H and O–H groups in total. The number of carbonyl (C=O) groups excluding carboxylic acids is 1. The highest BCUT2D eigenvalue weighted by Crippen LogP contribution is 2.32. The molecular formula is C16H18N4O. The summed E-state index contributed by atoms with van der Waals surface area (Å²) in [5.41, 5.74) is 2.84. The van der Waals surface area contributed by atoms with Crippen LogP contribution in [0.5, 0.6) is 0 Å². The minimum absolute atomic E-state index is 0.0874. The normalized spacial score (nSPS) is 13.4. The van der Waals surface area contributed by atoms with E-state index in [0.717, 1.165) is 18.8 Å². The number of anilines is 2. The lowest BCUT2D eigenvalue weighted by Gasteiger charge is -2.18. The fourth-order valence-electron chi connectivity index (χ4n) is 2.49. The lowest BCUT2D eigenvalue weighted by Crippen LogP contribution is -2.31. The molecule has 0 atom stereocenters. The Balaban J connectivity index is 1.81. The molecule has 0 saturated carbocycles. The third kappa shape index (κ3) is 2.72. The van der Waals surface area contributed by atoms with Crippen LogP contribution < -0.4 is 10.2 Å². The Morgan fingerprint density at radius 3 is 2.76 bits per heavy atom. The first-order chi connectivity index (χ1) is 10.1. The molecule has 1 aliphatic heterocycles. The van der Waals surface area contributed by atoms with Gasteiger partial charge in [0.1, 0.15) is 5.69 Å². The Hall–Kier alpha value is -2.43. The van der Waals surface area contributed by atoms with E-state index in [1.54, 1.807) is 6.20 Å². The molecule has 2 aromatic rings. The zero-order valence-corrected chi connectivity index (χ0v) is 12.2. The van der Waals surface area contributed by atoms with Gasteiger partial charge in [-0.05, 0) is 31.9 Å². The van der Waals surface area contributed by atoms with E-state index < -0.39 is 0 Å². The van der Waals surface area contributed by atoms with E-state index in [-0.39, 0.29) is 11.9 Å². The highest BCUT2D eigenvalue weighted by atomic mass is 16.1. The molecule has 21 heavy (non-hydrogen) atoms. The fourth-order valence-corrected chi connectivity index (χ4v) is 2.49. The van der Waals surface area contributed by atoms with Crippen LogP contribution in [0.3, 0.4) is 0 Å². The molecule has 0 radical (unpaired) electrons. The van der Waals surface area contributed by atoms with E-state index >= 15 is 0 Å². The number of hydrogen-bond donors (Lipinski definition) is 1. The Labute approximate surface area is 124 Å². The third-order valence-corrected chi connectivity index (χ3v) is 3.45. The third-order valence-electron chi connectivity index (χ3n) is 3.45. The lowest BCUT2D eigenvalue weighted by molar-refractivity contribution is 0.0937. The summed E-state index contributed by atoms with van der Waals surface area (Å²) in [6.07, 6.45) is 4.21. The molecule has 108 valence electrons. The zero-order valence-electron chi connectivity index (χ0n) is 12.2. The number of aromatic nitrogens is 2. The first-order valence-corrected chi connectivity index (χ1v) is 7.13. The fraction of sp³-hybridized carbons (Fsp3) is 0.312. The van der Waals surface area contributed by atoms with Crippen molar-refractivity contribution in [1.82, 2.24) is 15.3 Å². The SMILES string of the molecule is CC(C)NC(=O)c1cnc(N2CCc3ccccc32)cn1. The maximum Gasteiger partial charge on any atom is 0.271 e. The molecule has 0 fully saturated rings. The molecule has 2 heterocycles. The van der Waals surface area contributed by atoms with E-state index in [1.807, 2.05) is 26.0 Å². The van der Waals surface area contributed by atoms with Crippen molar-refractivity contribution in [2.24, 2.45) is 0 Å². The predicted molar refractivity (Wildman–Crippen MR) is 81.8 cm³/mol. The van der Waals surface area contributed by atoms with Crippen LogP contribution in [0.2, 0.25) is 0 Å². The van der Waals surface area contributed by atoms with Crippen molar-refractivity contribution in [2.45, 2.75) is 26.3 Å². The molecular weight excluding hydrogens is 264 g/mol.